The highest BCUT2D eigenvalue weighted by molar-refractivity contribution is 5.90. The fourth-order valence-corrected chi connectivity index (χ4v) is 5.06. The van der Waals surface area contributed by atoms with Crippen molar-refractivity contribution in [1.82, 2.24) is 10.2 Å². The lowest BCUT2D eigenvalue weighted by Crippen LogP contribution is -2.49. The molecule has 1 atom stereocenters. The molecule has 1 unspecified atom stereocenters. The van der Waals surface area contributed by atoms with Crippen LogP contribution >= 0.6 is 0 Å². The standard InChI is InChI=1S/C24H32F2N4O5.CH5N.CH2O/c1-34-23(32)27-14-18-15-30(24(33)35-18)17-12-19(25)22(20(26)13-17)29-9-7-28(8-10-29)21(31)11-16-5-3-2-4-6-16;2*1-2/h12-13,16,18H,2-11,14-15H2,1H3,(H,27,32);2H2,1H3;1H2. The molecule has 1 aromatic carbocycles. The van der Waals surface area contributed by atoms with E-state index in [9.17, 15) is 14.4 Å². The average molecular weight is 556 g/mol. The Bertz CT molecular complexity index is 947. The number of anilines is 2. The molecule has 2 saturated heterocycles. The van der Waals surface area contributed by atoms with Crippen molar-refractivity contribution in [2.75, 3.05) is 63.2 Å². The van der Waals surface area contributed by atoms with E-state index in [2.05, 4.69) is 15.8 Å². The van der Waals surface area contributed by atoms with Gasteiger partial charge in [-0.1, -0.05) is 19.3 Å². The second-order valence-electron chi connectivity index (χ2n) is 9.32. The molecule has 0 radical (unpaired) electrons. The third-order valence-electron chi connectivity index (χ3n) is 6.98. The van der Waals surface area contributed by atoms with E-state index in [0.717, 1.165) is 29.9 Å². The smallest absolute Gasteiger partial charge is 0.414 e. The van der Waals surface area contributed by atoms with E-state index >= 15 is 8.78 Å². The third kappa shape index (κ3) is 8.50. The van der Waals surface area contributed by atoms with E-state index in [0.29, 0.717) is 38.5 Å². The van der Waals surface area contributed by atoms with Gasteiger partial charge in [0.15, 0.2) is 11.6 Å². The molecule has 0 bridgehead atoms. The number of amides is 3. The quantitative estimate of drug-likeness (QED) is 0.547. The van der Waals surface area contributed by atoms with Crippen LogP contribution in [0.5, 0.6) is 0 Å². The summed E-state index contributed by atoms with van der Waals surface area (Å²) in [5.41, 5.74) is 4.38. The van der Waals surface area contributed by atoms with Crippen molar-refractivity contribution in [3.8, 4) is 0 Å². The summed E-state index contributed by atoms with van der Waals surface area (Å²) in [5, 5.41) is 2.43. The Kier molecular flexibility index (Phi) is 12.9. The highest BCUT2D eigenvalue weighted by Crippen LogP contribution is 2.32. The Morgan fingerprint density at radius 2 is 1.67 bits per heavy atom. The number of nitrogens with zero attached hydrogens (tertiary/aromatic N) is 3. The molecule has 0 spiro atoms. The van der Waals surface area contributed by atoms with Gasteiger partial charge in [0, 0.05) is 44.7 Å². The first kappa shape index (κ1) is 31.7. The second kappa shape index (κ2) is 15.8. The van der Waals surface area contributed by atoms with Crippen LogP contribution in [0.25, 0.3) is 0 Å². The maximum Gasteiger partial charge on any atom is 0.414 e. The maximum atomic E-state index is 15.0. The molecule has 1 aliphatic carbocycles. The number of benzene rings is 1. The van der Waals surface area contributed by atoms with Crippen LogP contribution in [-0.4, -0.2) is 89.3 Å². The first-order chi connectivity index (χ1) is 18.9. The lowest BCUT2D eigenvalue weighted by Gasteiger charge is -2.37. The van der Waals surface area contributed by atoms with Gasteiger partial charge in [-0.2, -0.15) is 0 Å². The molecule has 2 aliphatic heterocycles. The minimum atomic E-state index is -0.786. The first-order valence-corrected chi connectivity index (χ1v) is 13.0. The van der Waals surface area contributed by atoms with Crippen LogP contribution in [-0.2, 0) is 19.1 Å². The Morgan fingerprint density at radius 3 is 2.23 bits per heavy atom. The highest BCUT2D eigenvalue weighted by Gasteiger charge is 2.34. The molecule has 4 rings (SSSR count). The summed E-state index contributed by atoms with van der Waals surface area (Å²) in [4.78, 5) is 48.6. The van der Waals surface area contributed by atoms with Crippen molar-refractivity contribution < 1.29 is 37.4 Å². The van der Waals surface area contributed by atoms with Gasteiger partial charge in [-0.3, -0.25) is 9.69 Å². The lowest BCUT2D eigenvalue weighted by atomic mass is 9.86. The number of nitrogens with two attached hydrogens (primary N) is 1. The monoisotopic (exact) mass is 555 g/mol. The number of halogens is 2. The zero-order valence-electron chi connectivity index (χ0n) is 22.6. The fourth-order valence-electron chi connectivity index (χ4n) is 5.06. The number of cyclic esters (lactones) is 1. The van der Waals surface area contributed by atoms with Gasteiger partial charge in [0.25, 0.3) is 0 Å². The highest BCUT2D eigenvalue weighted by atomic mass is 19.1. The molecule has 3 aliphatic rings. The zero-order chi connectivity index (χ0) is 28.9. The average Bonchev–Trinajstić information content (AvgIpc) is 3.34. The Morgan fingerprint density at radius 1 is 1.08 bits per heavy atom. The number of alkyl carbamates (subject to hydrolysis) is 1. The molecule has 11 nitrogen and oxygen atoms in total. The van der Waals surface area contributed by atoms with E-state index < -0.39 is 29.9 Å². The van der Waals surface area contributed by atoms with Crippen LogP contribution in [0, 0.1) is 17.6 Å². The molecule has 0 aromatic heterocycles. The normalized spacial score (nSPS) is 19.3. The van der Waals surface area contributed by atoms with Crippen LogP contribution in [0.4, 0.5) is 29.7 Å². The van der Waals surface area contributed by atoms with Crippen LogP contribution in [0.1, 0.15) is 38.5 Å². The van der Waals surface area contributed by atoms with Crippen molar-refractivity contribution in [3.05, 3.63) is 23.8 Å². The summed E-state index contributed by atoms with van der Waals surface area (Å²) >= 11 is 0. The summed E-state index contributed by atoms with van der Waals surface area (Å²) < 4.78 is 39.7. The van der Waals surface area contributed by atoms with E-state index in [4.69, 9.17) is 9.53 Å². The first-order valence-electron chi connectivity index (χ1n) is 13.0. The third-order valence-corrected chi connectivity index (χ3v) is 6.98. The predicted molar refractivity (Wildman–Crippen MR) is 142 cm³/mol. The van der Waals surface area contributed by atoms with Crippen molar-refractivity contribution in [3.63, 3.8) is 0 Å². The number of piperazine rings is 1. The van der Waals surface area contributed by atoms with E-state index in [1.807, 2.05) is 6.79 Å². The lowest BCUT2D eigenvalue weighted by molar-refractivity contribution is -0.132. The Hall–Kier alpha value is -3.48. The van der Waals surface area contributed by atoms with Gasteiger partial charge in [0.2, 0.25) is 5.91 Å². The van der Waals surface area contributed by atoms with Crippen molar-refractivity contribution in [1.29, 1.82) is 0 Å². The number of ether oxygens (including phenoxy) is 2. The molecule has 1 aromatic rings. The molecule has 1 saturated carbocycles. The van der Waals surface area contributed by atoms with Gasteiger partial charge in [-0.25, -0.2) is 18.4 Å². The van der Waals surface area contributed by atoms with Crippen molar-refractivity contribution in [2.24, 2.45) is 11.7 Å². The van der Waals surface area contributed by atoms with Crippen LogP contribution < -0.4 is 20.9 Å². The predicted octanol–water partition coefficient (Wildman–Crippen LogP) is 2.66. The largest absolute Gasteiger partial charge is 0.453 e. The Labute approximate surface area is 227 Å². The number of hydrogen-bond acceptors (Lipinski definition) is 8. The molecule has 2 heterocycles. The van der Waals surface area contributed by atoms with Crippen LogP contribution in [0.2, 0.25) is 0 Å². The molecule has 39 heavy (non-hydrogen) atoms. The van der Waals surface area contributed by atoms with Gasteiger partial charge in [0.1, 0.15) is 18.6 Å². The summed E-state index contributed by atoms with van der Waals surface area (Å²) in [6.07, 6.45) is 4.26. The minimum Gasteiger partial charge on any atom is -0.453 e. The summed E-state index contributed by atoms with van der Waals surface area (Å²) in [7, 11) is 2.71. The zero-order valence-corrected chi connectivity index (χ0v) is 22.6. The van der Waals surface area contributed by atoms with Crippen LogP contribution in [0.3, 0.4) is 0 Å². The van der Waals surface area contributed by atoms with E-state index in [1.165, 1.54) is 33.4 Å². The molecular weight excluding hydrogens is 516 g/mol. The molecule has 3 N–H and O–H groups in total. The number of carbonyl (C=O) groups is 4. The van der Waals surface area contributed by atoms with Gasteiger partial charge in [-0.15, -0.1) is 0 Å². The van der Waals surface area contributed by atoms with Gasteiger partial charge >= 0.3 is 12.2 Å². The van der Waals surface area contributed by atoms with Crippen molar-refractivity contribution in [2.45, 2.75) is 44.6 Å². The minimum absolute atomic E-state index is 0.0156. The van der Waals surface area contributed by atoms with Gasteiger partial charge in [-0.05, 0) is 25.8 Å². The number of rotatable bonds is 6. The SMILES string of the molecule is C=O.CN.COC(=O)NCC1CN(c2cc(F)c(N3CCN(C(=O)CC4CCCCC4)CC3)c(F)c2)C(=O)O1. The Balaban J connectivity index is 0.00000127. The van der Waals surface area contributed by atoms with E-state index in [-0.39, 0.29) is 30.4 Å². The van der Waals surface area contributed by atoms with E-state index in [1.54, 1.807) is 9.80 Å². The maximum absolute atomic E-state index is 15.0. The summed E-state index contributed by atoms with van der Waals surface area (Å²) in [5.74, 6) is -1.00. The summed E-state index contributed by atoms with van der Waals surface area (Å²) in [6.45, 7) is 3.54. The van der Waals surface area contributed by atoms with Crippen LogP contribution in [0.15, 0.2) is 12.1 Å². The van der Waals surface area contributed by atoms with Gasteiger partial charge < -0.3 is 35.1 Å². The number of hydrogen-bond donors (Lipinski definition) is 2. The van der Waals surface area contributed by atoms with Gasteiger partial charge in [0.05, 0.1) is 25.9 Å². The molecule has 3 amide bonds. The molecule has 13 heteroatoms. The number of nitrogens with one attached hydrogen (secondary N) is 1. The summed E-state index contributed by atoms with van der Waals surface area (Å²) in [6, 6.07) is 2.22. The molecule has 218 valence electrons. The number of methoxy groups -OCH3 is 1. The molecular formula is C26H39F2N5O6. The molecule has 3 fully saturated rings. The fraction of sp³-hybridized carbons (Fsp3) is 0.615. The number of carbonyl (C=O) groups excluding carboxylic acids is 4. The second-order valence-corrected chi connectivity index (χ2v) is 9.32. The topological polar surface area (TPSA) is 135 Å². The van der Waals surface area contributed by atoms with Crippen molar-refractivity contribution >= 4 is 36.3 Å².